The summed E-state index contributed by atoms with van der Waals surface area (Å²) in [4.78, 5) is 18.2. The van der Waals surface area contributed by atoms with Crippen molar-refractivity contribution in [3.8, 4) is 0 Å². The first-order valence-electron chi connectivity index (χ1n) is 7.64. The molecule has 0 saturated carbocycles. The second-order valence-corrected chi connectivity index (χ2v) is 7.53. The molecule has 22 heavy (non-hydrogen) atoms. The van der Waals surface area contributed by atoms with Gasteiger partial charge in [-0.2, -0.15) is 0 Å². The summed E-state index contributed by atoms with van der Waals surface area (Å²) in [6.07, 6.45) is 6.22. The van der Waals surface area contributed by atoms with E-state index in [0.29, 0.717) is 13.2 Å². The Morgan fingerprint density at radius 1 is 1.45 bits per heavy atom. The predicted octanol–water partition coefficient (Wildman–Crippen LogP) is 3.25. The molecule has 1 fully saturated rings. The Morgan fingerprint density at radius 2 is 2.23 bits per heavy atom. The van der Waals surface area contributed by atoms with Crippen LogP contribution in [0.2, 0.25) is 0 Å². The van der Waals surface area contributed by atoms with Gasteiger partial charge in [0, 0.05) is 19.3 Å². The molecule has 7 heteroatoms. The third-order valence-electron chi connectivity index (χ3n) is 3.34. The van der Waals surface area contributed by atoms with E-state index in [2.05, 4.69) is 27.6 Å². The number of rotatable bonds is 4. The molecule has 1 atom stereocenters. The molecule has 124 valence electrons. The summed E-state index contributed by atoms with van der Waals surface area (Å²) in [5.41, 5.74) is -0.480. The van der Waals surface area contributed by atoms with Crippen molar-refractivity contribution in [2.24, 2.45) is 0 Å². The number of carbonyl (C=O) groups is 1. The summed E-state index contributed by atoms with van der Waals surface area (Å²) in [6.45, 7) is 7.62. The SMILES string of the molecule is CC(C)(C)OC(=O)N1CCCCC1OCCn1cnc(I)c1. The predicted molar refractivity (Wildman–Crippen MR) is 91.5 cm³/mol. The molecule has 0 aliphatic carbocycles. The Kier molecular flexibility index (Phi) is 6.08. The molecule has 2 heterocycles. The number of aromatic nitrogens is 2. The summed E-state index contributed by atoms with van der Waals surface area (Å²) in [7, 11) is 0. The summed E-state index contributed by atoms with van der Waals surface area (Å²) in [5.74, 6) is 0. The Morgan fingerprint density at radius 3 is 2.86 bits per heavy atom. The van der Waals surface area contributed by atoms with E-state index < -0.39 is 5.60 Å². The van der Waals surface area contributed by atoms with Gasteiger partial charge in [-0.15, -0.1) is 0 Å². The zero-order valence-corrected chi connectivity index (χ0v) is 15.6. The fraction of sp³-hybridized carbons (Fsp3) is 0.733. The minimum absolute atomic E-state index is 0.189. The van der Waals surface area contributed by atoms with Gasteiger partial charge in [-0.05, 0) is 62.6 Å². The third-order valence-corrected chi connectivity index (χ3v) is 3.89. The van der Waals surface area contributed by atoms with Gasteiger partial charge in [0.1, 0.15) is 15.5 Å². The smallest absolute Gasteiger partial charge is 0.412 e. The summed E-state index contributed by atoms with van der Waals surface area (Å²) in [6, 6.07) is 0. The summed E-state index contributed by atoms with van der Waals surface area (Å²) < 4.78 is 14.3. The minimum Gasteiger partial charge on any atom is -0.444 e. The highest BCUT2D eigenvalue weighted by molar-refractivity contribution is 14.1. The van der Waals surface area contributed by atoms with Crippen LogP contribution < -0.4 is 0 Å². The van der Waals surface area contributed by atoms with Crippen molar-refractivity contribution in [1.82, 2.24) is 14.5 Å². The summed E-state index contributed by atoms with van der Waals surface area (Å²) >= 11 is 2.18. The average Bonchev–Trinajstić information content (AvgIpc) is 2.83. The van der Waals surface area contributed by atoms with E-state index >= 15 is 0 Å². The van der Waals surface area contributed by atoms with E-state index in [4.69, 9.17) is 9.47 Å². The maximum Gasteiger partial charge on any atom is 0.412 e. The van der Waals surface area contributed by atoms with Gasteiger partial charge >= 0.3 is 6.09 Å². The van der Waals surface area contributed by atoms with Crippen molar-refractivity contribution in [2.75, 3.05) is 13.2 Å². The molecule has 2 rings (SSSR count). The van der Waals surface area contributed by atoms with Crippen LogP contribution in [0.5, 0.6) is 0 Å². The monoisotopic (exact) mass is 421 g/mol. The molecule has 1 aromatic rings. The number of likely N-dealkylation sites (tertiary alicyclic amines) is 1. The molecule has 1 aliphatic heterocycles. The quantitative estimate of drug-likeness (QED) is 0.701. The topological polar surface area (TPSA) is 56.6 Å². The molecule has 6 nitrogen and oxygen atoms in total. The van der Waals surface area contributed by atoms with E-state index in [1.807, 2.05) is 31.5 Å². The fourth-order valence-corrected chi connectivity index (χ4v) is 2.84. The largest absolute Gasteiger partial charge is 0.444 e. The molecular formula is C15H24IN3O3. The number of nitrogens with zero attached hydrogens (tertiary/aromatic N) is 3. The Labute approximate surface area is 145 Å². The molecule has 0 aromatic carbocycles. The van der Waals surface area contributed by atoms with Crippen molar-refractivity contribution >= 4 is 28.7 Å². The number of halogens is 1. The van der Waals surface area contributed by atoms with Crippen LogP contribution in [0.4, 0.5) is 4.79 Å². The maximum atomic E-state index is 12.3. The standard InChI is InChI=1S/C15H24IN3O3/c1-15(2,3)22-14(20)19-7-5-4-6-13(19)21-9-8-18-10-12(16)17-11-18/h10-11,13H,4-9H2,1-3H3. The fourth-order valence-electron chi connectivity index (χ4n) is 2.35. The van der Waals surface area contributed by atoms with E-state index in [1.165, 1.54) is 0 Å². The number of carbonyl (C=O) groups excluding carboxylic acids is 1. The highest BCUT2D eigenvalue weighted by Crippen LogP contribution is 2.21. The number of imidazole rings is 1. The number of hydrogen-bond donors (Lipinski definition) is 0. The molecule has 0 bridgehead atoms. The van der Waals surface area contributed by atoms with Gasteiger partial charge in [0.15, 0.2) is 0 Å². The van der Waals surface area contributed by atoms with Crippen molar-refractivity contribution in [2.45, 2.75) is 58.4 Å². The second-order valence-electron chi connectivity index (χ2n) is 6.43. The highest BCUT2D eigenvalue weighted by atomic mass is 127. The van der Waals surface area contributed by atoms with E-state index in [9.17, 15) is 4.79 Å². The number of ether oxygens (including phenoxy) is 2. The van der Waals surface area contributed by atoms with Crippen LogP contribution in [0.3, 0.4) is 0 Å². The zero-order chi connectivity index (χ0) is 16.2. The van der Waals surface area contributed by atoms with Gasteiger partial charge in [0.25, 0.3) is 0 Å². The van der Waals surface area contributed by atoms with Gasteiger partial charge in [-0.3, -0.25) is 4.90 Å². The first-order chi connectivity index (χ1) is 10.3. The van der Waals surface area contributed by atoms with Gasteiger partial charge in [0.2, 0.25) is 0 Å². The van der Waals surface area contributed by atoms with Crippen molar-refractivity contribution in [1.29, 1.82) is 0 Å². The molecular weight excluding hydrogens is 397 g/mol. The second kappa shape index (κ2) is 7.63. The number of amides is 1. The highest BCUT2D eigenvalue weighted by Gasteiger charge is 2.30. The lowest BCUT2D eigenvalue weighted by Gasteiger charge is -2.36. The van der Waals surface area contributed by atoms with E-state index in [-0.39, 0.29) is 12.3 Å². The Balaban J connectivity index is 1.85. The van der Waals surface area contributed by atoms with Gasteiger partial charge in [0.05, 0.1) is 12.9 Å². The molecule has 1 saturated heterocycles. The van der Waals surface area contributed by atoms with Gasteiger partial charge in [-0.25, -0.2) is 9.78 Å². The maximum absolute atomic E-state index is 12.3. The normalized spacial score (nSPS) is 19.3. The Bertz CT molecular complexity index is 498. The number of piperidine rings is 1. The third kappa shape index (κ3) is 5.42. The molecule has 0 radical (unpaired) electrons. The van der Waals surface area contributed by atoms with Crippen LogP contribution >= 0.6 is 22.6 Å². The number of hydrogen-bond acceptors (Lipinski definition) is 4. The van der Waals surface area contributed by atoms with Crippen LogP contribution in [0.15, 0.2) is 12.5 Å². The molecule has 0 spiro atoms. The van der Waals surface area contributed by atoms with Crippen LogP contribution in [-0.4, -0.2) is 45.5 Å². The lowest BCUT2D eigenvalue weighted by Crippen LogP contribution is -2.47. The first-order valence-corrected chi connectivity index (χ1v) is 8.71. The summed E-state index contributed by atoms with van der Waals surface area (Å²) in [5, 5.41) is 0. The molecule has 0 N–H and O–H groups in total. The van der Waals surface area contributed by atoms with Gasteiger partial charge < -0.3 is 14.0 Å². The molecule has 1 unspecified atom stereocenters. The lowest BCUT2D eigenvalue weighted by molar-refractivity contribution is -0.0846. The van der Waals surface area contributed by atoms with Crippen LogP contribution in [0.1, 0.15) is 40.0 Å². The van der Waals surface area contributed by atoms with Crippen LogP contribution in [0, 0.1) is 3.70 Å². The zero-order valence-electron chi connectivity index (χ0n) is 13.4. The minimum atomic E-state index is -0.480. The molecule has 1 aromatic heterocycles. The average molecular weight is 421 g/mol. The van der Waals surface area contributed by atoms with Gasteiger partial charge in [-0.1, -0.05) is 0 Å². The van der Waals surface area contributed by atoms with Crippen molar-refractivity contribution < 1.29 is 14.3 Å². The molecule has 1 aliphatic rings. The van der Waals surface area contributed by atoms with Crippen molar-refractivity contribution in [3.05, 3.63) is 16.2 Å². The first kappa shape index (κ1) is 17.5. The van der Waals surface area contributed by atoms with Crippen molar-refractivity contribution in [3.63, 3.8) is 0 Å². The van der Waals surface area contributed by atoms with Crippen LogP contribution in [-0.2, 0) is 16.0 Å². The molecule has 1 amide bonds. The Hall–Kier alpha value is -0.830. The van der Waals surface area contributed by atoms with Crippen LogP contribution in [0.25, 0.3) is 0 Å². The van der Waals surface area contributed by atoms with E-state index in [0.717, 1.165) is 29.5 Å². The lowest BCUT2D eigenvalue weighted by atomic mass is 10.1. The van der Waals surface area contributed by atoms with E-state index in [1.54, 1.807) is 11.2 Å².